The third-order valence-corrected chi connectivity index (χ3v) is 6.38. The van der Waals surface area contributed by atoms with Crippen LogP contribution in [0.4, 0.5) is 0 Å². The average Bonchev–Trinajstić information content (AvgIpc) is 3.55. The molecular formula is C24H33N3O3. The summed E-state index contributed by atoms with van der Waals surface area (Å²) in [4.78, 5) is 29.4. The van der Waals surface area contributed by atoms with Gasteiger partial charge in [0.1, 0.15) is 5.76 Å². The summed E-state index contributed by atoms with van der Waals surface area (Å²) >= 11 is 0. The maximum atomic E-state index is 13.0. The first-order chi connectivity index (χ1) is 14.7. The van der Waals surface area contributed by atoms with E-state index in [-0.39, 0.29) is 11.8 Å². The van der Waals surface area contributed by atoms with Crippen molar-refractivity contribution in [2.75, 3.05) is 19.6 Å². The minimum absolute atomic E-state index is 0.0113. The number of carbonyl (C=O) groups excluding carboxylic acids is 2. The fraction of sp³-hybridized carbons (Fsp3) is 0.583. The number of hydrogen-bond acceptors (Lipinski definition) is 3. The first-order valence-electron chi connectivity index (χ1n) is 11.5. The third kappa shape index (κ3) is 4.63. The molecule has 1 saturated carbocycles. The smallest absolute Gasteiger partial charge is 0.289 e. The molecular weight excluding hydrogens is 378 g/mol. The highest BCUT2D eigenvalue weighted by Crippen LogP contribution is 2.27. The Morgan fingerprint density at radius 1 is 1.10 bits per heavy atom. The predicted octanol–water partition coefficient (Wildman–Crippen LogP) is 4.29. The number of aromatic nitrogens is 1. The van der Waals surface area contributed by atoms with Gasteiger partial charge in [-0.1, -0.05) is 19.8 Å². The average molecular weight is 412 g/mol. The molecule has 0 radical (unpaired) electrons. The van der Waals surface area contributed by atoms with Crippen molar-refractivity contribution < 1.29 is 14.0 Å². The van der Waals surface area contributed by atoms with Crippen LogP contribution in [0.15, 0.2) is 34.9 Å². The molecule has 3 heterocycles. The molecule has 6 heteroatoms. The van der Waals surface area contributed by atoms with Gasteiger partial charge in [0, 0.05) is 37.4 Å². The highest BCUT2D eigenvalue weighted by molar-refractivity contribution is 5.91. The van der Waals surface area contributed by atoms with E-state index in [1.54, 1.807) is 6.07 Å². The minimum Gasteiger partial charge on any atom is -0.454 e. The molecule has 2 fully saturated rings. The van der Waals surface area contributed by atoms with Gasteiger partial charge < -0.3 is 18.8 Å². The SMILES string of the molecule is CCCN(Cc1cccn1Cc1ccc(C(=O)N2CCCC2)o1)C(=O)C1CCCC1. The molecule has 1 aliphatic carbocycles. The number of furan rings is 1. The van der Waals surface area contributed by atoms with Crippen LogP contribution in [0, 0.1) is 5.92 Å². The lowest BCUT2D eigenvalue weighted by molar-refractivity contribution is -0.136. The summed E-state index contributed by atoms with van der Waals surface area (Å²) < 4.78 is 7.99. The van der Waals surface area contributed by atoms with Crippen LogP contribution in [-0.2, 0) is 17.9 Å². The number of nitrogens with zero attached hydrogens (tertiary/aromatic N) is 3. The predicted molar refractivity (Wildman–Crippen MR) is 115 cm³/mol. The maximum absolute atomic E-state index is 13.0. The quantitative estimate of drug-likeness (QED) is 0.651. The summed E-state index contributed by atoms with van der Waals surface area (Å²) in [7, 11) is 0. The van der Waals surface area contributed by atoms with Crippen LogP contribution >= 0.6 is 0 Å². The van der Waals surface area contributed by atoms with Gasteiger partial charge in [-0.05, 0) is 56.4 Å². The Labute approximate surface area is 178 Å². The molecule has 0 N–H and O–H groups in total. The van der Waals surface area contributed by atoms with E-state index in [1.807, 2.05) is 28.1 Å². The van der Waals surface area contributed by atoms with E-state index >= 15 is 0 Å². The summed E-state index contributed by atoms with van der Waals surface area (Å²) in [6.07, 6.45) is 9.51. The normalized spacial score (nSPS) is 17.0. The fourth-order valence-corrected chi connectivity index (χ4v) is 4.73. The van der Waals surface area contributed by atoms with E-state index in [4.69, 9.17) is 4.42 Å². The third-order valence-electron chi connectivity index (χ3n) is 6.38. The fourth-order valence-electron chi connectivity index (χ4n) is 4.73. The van der Waals surface area contributed by atoms with Crippen LogP contribution in [0.5, 0.6) is 0 Å². The van der Waals surface area contributed by atoms with Crippen molar-refractivity contribution in [1.82, 2.24) is 14.4 Å². The summed E-state index contributed by atoms with van der Waals surface area (Å²) in [5.41, 5.74) is 1.10. The Balaban J connectivity index is 1.42. The first kappa shape index (κ1) is 20.8. The molecule has 2 amide bonds. The number of carbonyl (C=O) groups is 2. The summed E-state index contributed by atoms with van der Waals surface area (Å²) in [6, 6.07) is 7.76. The highest BCUT2D eigenvalue weighted by Gasteiger charge is 2.27. The molecule has 0 bridgehead atoms. The minimum atomic E-state index is -0.0113. The van der Waals surface area contributed by atoms with Crippen LogP contribution in [0.3, 0.4) is 0 Å². The zero-order valence-electron chi connectivity index (χ0n) is 18.0. The van der Waals surface area contributed by atoms with E-state index < -0.39 is 0 Å². The monoisotopic (exact) mass is 411 g/mol. The lowest BCUT2D eigenvalue weighted by atomic mass is 10.1. The van der Waals surface area contributed by atoms with Crippen molar-refractivity contribution in [2.24, 2.45) is 5.92 Å². The van der Waals surface area contributed by atoms with Crippen LogP contribution in [0.2, 0.25) is 0 Å². The number of likely N-dealkylation sites (tertiary alicyclic amines) is 1. The van der Waals surface area contributed by atoms with Gasteiger partial charge in [-0.15, -0.1) is 0 Å². The lowest BCUT2D eigenvalue weighted by Gasteiger charge is -2.26. The van der Waals surface area contributed by atoms with Crippen molar-refractivity contribution in [3.63, 3.8) is 0 Å². The molecule has 1 aliphatic heterocycles. The number of rotatable bonds is 8. The molecule has 0 aromatic carbocycles. The van der Waals surface area contributed by atoms with E-state index in [1.165, 1.54) is 12.8 Å². The molecule has 2 aromatic heterocycles. The van der Waals surface area contributed by atoms with E-state index in [0.717, 1.165) is 63.2 Å². The van der Waals surface area contributed by atoms with Gasteiger partial charge in [0.25, 0.3) is 5.91 Å². The maximum Gasteiger partial charge on any atom is 0.289 e. The lowest BCUT2D eigenvalue weighted by Crippen LogP contribution is -2.36. The molecule has 30 heavy (non-hydrogen) atoms. The zero-order valence-corrected chi connectivity index (χ0v) is 18.0. The van der Waals surface area contributed by atoms with E-state index in [0.29, 0.717) is 24.8 Å². The Morgan fingerprint density at radius 3 is 2.60 bits per heavy atom. The van der Waals surface area contributed by atoms with Gasteiger partial charge in [0.2, 0.25) is 5.91 Å². The summed E-state index contributed by atoms with van der Waals surface area (Å²) in [5.74, 6) is 1.68. The second-order valence-electron chi connectivity index (χ2n) is 8.63. The molecule has 1 saturated heterocycles. The molecule has 6 nitrogen and oxygen atoms in total. The second-order valence-corrected chi connectivity index (χ2v) is 8.63. The Bertz CT molecular complexity index is 857. The Hall–Kier alpha value is -2.50. The molecule has 0 atom stereocenters. The standard InChI is InChI=1S/C24H33N3O3/c1-2-13-27(23(28)19-8-3-4-9-19)17-20-10-7-16-26(20)18-21-11-12-22(30-21)24(29)25-14-5-6-15-25/h7,10-12,16,19H,2-6,8-9,13-15,17-18H2,1H3. The van der Waals surface area contributed by atoms with Gasteiger partial charge in [0.05, 0.1) is 13.1 Å². The van der Waals surface area contributed by atoms with E-state index in [9.17, 15) is 9.59 Å². The van der Waals surface area contributed by atoms with Crippen molar-refractivity contribution in [1.29, 1.82) is 0 Å². The highest BCUT2D eigenvalue weighted by atomic mass is 16.4. The van der Waals surface area contributed by atoms with Gasteiger partial charge >= 0.3 is 0 Å². The molecule has 162 valence electrons. The molecule has 2 aliphatic rings. The second kappa shape index (κ2) is 9.54. The molecule has 4 rings (SSSR count). The van der Waals surface area contributed by atoms with Gasteiger partial charge in [-0.25, -0.2) is 0 Å². The van der Waals surface area contributed by atoms with Crippen molar-refractivity contribution in [2.45, 2.75) is 65.0 Å². The van der Waals surface area contributed by atoms with Gasteiger partial charge in [-0.2, -0.15) is 0 Å². The number of amides is 2. The molecule has 0 unspecified atom stereocenters. The Morgan fingerprint density at radius 2 is 1.87 bits per heavy atom. The number of hydrogen-bond donors (Lipinski definition) is 0. The van der Waals surface area contributed by atoms with Crippen LogP contribution in [0.1, 0.15) is 73.9 Å². The van der Waals surface area contributed by atoms with Crippen molar-refractivity contribution in [3.8, 4) is 0 Å². The van der Waals surface area contributed by atoms with Crippen LogP contribution in [0.25, 0.3) is 0 Å². The van der Waals surface area contributed by atoms with Crippen molar-refractivity contribution >= 4 is 11.8 Å². The van der Waals surface area contributed by atoms with Crippen LogP contribution in [-0.4, -0.2) is 45.8 Å². The zero-order chi connectivity index (χ0) is 20.9. The topological polar surface area (TPSA) is 58.7 Å². The Kier molecular flexibility index (Phi) is 6.60. The van der Waals surface area contributed by atoms with E-state index in [2.05, 4.69) is 17.6 Å². The molecule has 0 spiro atoms. The largest absolute Gasteiger partial charge is 0.454 e. The van der Waals surface area contributed by atoms with Gasteiger partial charge in [0.15, 0.2) is 5.76 Å². The van der Waals surface area contributed by atoms with Crippen molar-refractivity contribution in [3.05, 3.63) is 47.7 Å². The van der Waals surface area contributed by atoms with Crippen LogP contribution < -0.4 is 0 Å². The summed E-state index contributed by atoms with van der Waals surface area (Å²) in [6.45, 7) is 5.73. The molecule has 2 aromatic rings. The summed E-state index contributed by atoms with van der Waals surface area (Å²) in [5, 5.41) is 0. The first-order valence-corrected chi connectivity index (χ1v) is 11.5. The van der Waals surface area contributed by atoms with Gasteiger partial charge in [-0.3, -0.25) is 9.59 Å².